The van der Waals surface area contributed by atoms with Crippen LogP contribution in [0.1, 0.15) is 47.1 Å². The third-order valence-corrected chi connectivity index (χ3v) is 3.46. The number of nitrogens with two attached hydrogens (primary N) is 1. The molecular formula is C19H25Cl3N2O2. The molecule has 26 heavy (non-hydrogen) atoms. The maximum absolute atomic E-state index is 11.9. The molecule has 0 aliphatic heterocycles. The Morgan fingerprint density at radius 1 is 0.885 bits per heavy atom. The molecule has 0 aliphatic rings. The van der Waals surface area contributed by atoms with Crippen LogP contribution in [0.25, 0.3) is 0 Å². The van der Waals surface area contributed by atoms with Crippen molar-refractivity contribution in [2.45, 2.75) is 33.2 Å². The van der Waals surface area contributed by atoms with Gasteiger partial charge in [0, 0.05) is 11.1 Å². The minimum absolute atomic E-state index is 0. The number of carbonyl (C=O) groups excluding carboxylic acids is 2. The van der Waals surface area contributed by atoms with Crippen molar-refractivity contribution in [2.24, 2.45) is 5.84 Å². The molecule has 0 aliphatic carbocycles. The van der Waals surface area contributed by atoms with Crippen LogP contribution < -0.4 is 5.84 Å². The Hall–Kier alpha value is -1.59. The van der Waals surface area contributed by atoms with Gasteiger partial charge >= 0.3 is 0 Å². The van der Waals surface area contributed by atoms with Crippen LogP contribution in [0.2, 0.25) is 0 Å². The van der Waals surface area contributed by atoms with E-state index in [2.05, 4.69) is 0 Å². The highest BCUT2D eigenvalue weighted by Gasteiger charge is 2.24. The fourth-order valence-electron chi connectivity index (χ4n) is 1.71. The summed E-state index contributed by atoms with van der Waals surface area (Å²) in [4.78, 5) is 22.3. The van der Waals surface area contributed by atoms with Gasteiger partial charge in [-0.2, -0.15) is 0 Å². The van der Waals surface area contributed by atoms with E-state index in [-0.39, 0.29) is 36.3 Å². The van der Waals surface area contributed by atoms with E-state index in [4.69, 9.17) is 17.4 Å². The van der Waals surface area contributed by atoms with Crippen molar-refractivity contribution < 1.29 is 9.59 Å². The lowest BCUT2D eigenvalue weighted by Crippen LogP contribution is -2.50. The first-order chi connectivity index (χ1) is 11.1. The van der Waals surface area contributed by atoms with Crippen LogP contribution in [-0.4, -0.2) is 21.7 Å². The standard InChI is InChI=1S/C12H18N2O.C7H5ClO.2ClH/c1-9-5-7-10(8-6-9)11(15)14(13)12(2,3)4;8-7(9)6-4-2-1-3-5-6;;/h5-8H,13H2,1-4H3;1-5H;2*1H. The van der Waals surface area contributed by atoms with E-state index in [0.717, 1.165) is 5.56 Å². The average Bonchev–Trinajstić information content (AvgIpc) is 2.54. The molecule has 0 heterocycles. The molecule has 0 bridgehead atoms. The second kappa shape index (κ2) is 11.9. The lowest BCUT2D eigenvalue weighted by atomic mass is 10.1. The zero-order valence-electron chi connectivity index (χ0n) is 15.2. The van der Waals surface area contributed by atoms with Gasteiger partial charge in [-0.3, -0.25) is 14.6 Å². The minimum atomic E-state index is -0.407. The summed E-state index contributed by atoms with van der Waals surface area (Å²) in [5, 5.41) is 0.855. The van der Waals surface area contributed by atoms with Gasteiger partial charge in [-0.15, -0.1) is 24.8 Å². The van der Waals surface area contributed by atoms with Crippen molar-refractivity contribution in [2.75, 3.05) is 0 Å². The molecular weight excluding hydrogens is 395 g/mol. The molecule has 0 fully saturated rings. The van der Waals surface area contributed by atoms with Crippen LogP contribution in [0.3, 0.4) is 0 Å². The topological polar surface area (TPSA) is 63.4 Å². The molecule has 0 atom stereocenters. The third-order valence-electron chi connectivity index (χ3n) is 3.24. The smallest absolute Gasteiger partial charge is 0.268 e. The number of rotatable bonds is 2. The van der Waals surface area contributed by atoms with Crippen molar-refractivity contribution in [3.8, 4) is 0 Å². The van der Waals surface area contributed by atoms with Gasteiger partial charge in [0.25, 0.3) is 11.1 Å². The fraction of sp³-hybridized carbons (Fsp3) is 0.263. The Labute approximate surface area is 172 Å². The summed E-state index contributed by atoms with van der Waals surface area (Å²) in [5.74, 6) is 5.60. The summed E-state index contributed by atoms with van der Waals surface area (Å²) in [7, 11) is 0. The zero-order chi connectivity index (χ0) is 18.3. The van der Waals surface area contributed by atoms with Crippen LogP contribution in [0, 0.1) is 6.92 Å². The largest absolute Gasteiger partial charge is 0.276 e. The summed E-state index contributed by atoms with van der Waals surface area (Å²) in [6, 6.07) is 16.1. The molecule has 4 nitrogen and oxygen atoms in total. The number of aryl methyl sites for hydroxylation is 1. The molecule has 0 aromatic heterocycles. The zero-order valence-corrected chi connectivity index (χ0v) is 17.6. The van der Waals surface area contributed by atoms with Crippen molar-refractivity contribution >= 4 is 47.6 Å². The van der Waals surface area contributed by atoms with Gasteiger partial charge in [0.1, 0.15) is 0 Å². The van der Waals surface area contributed by atoms with Gasteiger partial charge < -0.3 is 0 Å². The number of hydrogen-bond acceptors (Lipinski definition) is 3. The molecule has 0 spiro atoms. The molecule has 0 unspecified atom stereocenters. The predicted molar refractivity (Wildman–Crippen MR) is 112 cm³/mol. The molecule has 1 amide bonds. The number of nitrogens with zero attached hydrogens (tertiary/aromatic N) is 1. The number of hydrogen-bond donors (Lipinski definition) is 1. The average molecular weight is 420 g/mol. The van der Waals surface area contributed by atoms with Crippen molar-refractivity contribution in [1.29, 1.82) is 0 Å². The fourth-order valence-corrected chi connectivity index (χ4v) is 1.84. The van der Waals surface area contributed by atoms with Crippen LogP contribution >= 0.6 is 36.4 Å². The van der Waals surface area contributed by atoms with E-state index in [9.17, 15) is 9.59 Å². The molecule has 2 rings (SSSR count). The highest BCUT2D eigenvalue weighted by Crippen LogP contribution is 2.13. The Balaban J connectivity index is 0. The maximum Gasteiger partial charge on any atom is 0.268 e. The van der Waals surface area contributed by atoms with Gasteiger partial charge in [-0.25, -0.2) is 5.84 Å². The first-order valence-corrected chi connectivity index (χ1v) is 7.91. The van der Waals surface area contributed by atoms with Crippen molar-refractivity contribution in [3.63, 3.8) is 0 Å². The molecule has 0 saturated heterocycles. The van der Waals surface area contributed by atoms with Crippen LogP contribution in [0.15, 0.2) is 54.6 Å². The van der Waals surface area contributed by atoms with E-state index in [1.165, 1.54) is 5.01 Å². The van der Waals surface area contributed by atoms with Gasteiger partial charge in [0.2, 0.25) is 0 Å². The number of hydrazine groups is 1. The van der Waals surface area contributed by atoms with Gasteiger partial charge in [-0.05, 0) is 51.4 Å². The number of amides is 1. The van der Waals surface area contributed by atoms with Gasteiger partial charge in [0.05, 0.1) is 5.54 Å². The number of halogens is 3. The molecule has 2 aromatic carbocycles. The Kier molecular flexibility index (Phi) is 12.2. The van der Waals surface area contributed by atoms with Crippen LogP contribution in [0.4, 0.5) is 0 Å². The van der Waals surface area contributed by atoms with Gasteiger partial charge in [0.15, 0.2) is 0 Å². The van der Waals surface area contributed by atoms with Gasteiger partial charge in [-0.1, -0.05) is 48.0 Å². The molecule has 7 heteroatoms. The molecule has 144 valence electrons. The number of carbonyl (C=O) groups is 2. The molecule has 0 saturated carbocycles. The first kappa shape index (κ1) is 26.6. The molecule has 0 radical (unpaired) electrons. The van der Waals surface area contributed by atoms with Crippen molar-refractivity contribution in [3.05, 3.63) is 71.3 Å². The summed E-state index contributed by atoms with van der Waals surface area (Å²) in [6.45, 7) is 7.69. The molecule has 2 aromatic rings. The summed E-state index contributed by atoms with van der Waals surface area (Å²) in [5.41, 5.74) is 1.94. The van der Waals surface area contributed by atoms with E-state index in [0.29, 0.717) is 11.1 Å². The van der Waals surface area contributed by atoms with E-state index >= 15 is 0 Å². The Morgan fingerprint density at radius 3 is 1.69 bits per heavy atom. The van der Waals surface area contributed by atoms with E-state index < -0.39 is 5.24 Å². The summed E-state index contributed by atoms with van der Waals surface area (Å²) >= 11 is 5.16. The van der Waals surface area contributed by atoms with Crippen molar-refractivity contribution in [1.82, 2.24) is 5.01 Å². The number of benzene rings is 2. The Bertz CT molecular complexity index is 684. The predicted octanol–water partition coefficient (Wildman–Crippen LogP) is 5.02. The summed E-state index contributed by atoms with van der Waals surface area (Å²) < 4.78 is 0. The second-order valence-electron chi connectivity index (χ2n) is 6.35. The highest BCUT2D eigenvalue weighted by molar-refractivity contribution is 6.67. The Morgan fingerprint density at radius 2 is 1.35 bits per heavy atom. The third kappa shape index (κ3) is 8.68. The summed E-state index contributed by atoms with van der Waals surface area (Å²) in [6.07, 6.45) is 0. The second-order valence-corrected chi connectivity index (χ2v) is 6.70. The quantitative estimate of drug-likeness (QED) is 0.322. The highest BCUT2D eigenvalue weighted by atomic mass is 35.5. The van der Waals surface area contributed by atoms with E-state index in [1.54, 1.807) is 36.4 Å². The SMILES string of the molecule is Cc1ccc(C(=O)N(N)C(C)(C)C)cc1.Cl.Cl.O=C(Cl)c1ccccc1. The lowest BCUT2D eigenvalue weighted by molar-refractivity contribution is 0.0581. The first-order valence-electron chi connectivity index (χ1n) is 7.53. The lowest BCUT2D eigenvalue weighted by Gasteiger charge is -2.31. The molecule has 2 N–H and O–H groups in total. The van der Waals surface area contributed by atoms with E-state index in [1.807, 2.05) is 45.9 Å². The maximum atomic E-state index is 11.9. The normalized spacial score (nSPS) is 9.62. The van der Waals surface area contributed by atoms with Crippen LogP contribution in [0.5, 0.6) is 0 Å². The van der Waals surface area contributed by atoms with Crippen LogP contribution in [-0.2, 0) is 0 Å². The monoisotopic (exact) mass is 418 g/mol. The minimum Gasteiger partial charge on any atom is -0.276 e.